The molecule has 1 aliphatic heterocycles. The molecule has 4 nitrogen and oxygen atoms in total. The van der Waals surface area contributed by atoms with E-state index >= 15 is 0 Å². The van der Waals surface area contributed by atoms with E-state index in [1.165, 1.54) is 0 Å². The lowest BCUT2D eigenvalue weighted by Crippen LogP contribution is -2.36. The summed E-state index contributed by atoms with van der Waals surface area (Å²) < 4.78 is 7.66. The number of benzene rings is 1. The van der Waals surface area contributed by atoms with Crippen LogP contribution in [0.25, 0.3) is 0 Å². The number of nitrogens with one attached hydrogen (secondary N) is 1. The van der Waals surface area contributed by atoms with Crippen molar-refractivity contribution < 1.29 is 14.3 Å². The Hall–Kier alpha value is -1.40. The molecule has 1 heterocycles. The van der Waals surface area contributed by atoms with Crippen LogP contribution in [-0.2, 0) is 9.59 Å². The molecule has 0 fully saturated rings. The number of carbonyl (C=O) groups is 2. The lowest BCUT2D eigenvalue weighted by atomic mass is 9.71. The van der Waals surface area contributed by atoms with Gasteiger partial charge in [0, 0.05) is 51.3 Å². The molecule has 27 heavy (non-hydrogen) atoms. The Kier molecular flexibility index (Phi) is 5.30. The molecule has 0 saturated heterocycles. The van der Waals surface area contributed by atoms with Gasteiger partial charge in [0.25, 0.3) is 0 Å². The molecule has 0 saturated carbocycles. The number of hydrogen-bond acceptors (Lipinski definition) is 4. The fourth-order valence-electron chi connectivity index (χ4n) is 4.39. The summed E-state index contributed by atoms with van der Waals surface area (Å²) in [5.74, 6) is 0.629. The van der Waals surface area contributed by atoms with Crippen LogP contribution in [0.5, 0.6) is 5.75 Å². The maximum atomic E-state index is 12.9. The molecule has 3 aliphatic rings. The monoisotopic (exact) mass is 493 g/mol. The number of carbonyl (C=O) groups excluding carboxylic acids is 2. The van der Waals surface area contributed by atoms with Gasteiger partial charge in [-0.2, -0.15) is 0 Å². The van der Waals surface area contributed by atoms with Gasteiger partial charge in [-0.1, -0.05) is 15.9 Å². The Labute approximate surface area is 175 Å². The topological polar surface area (TPSA) is 55.4 Å². The van der Waals surface area contributed by atoms with Gasteiger partial charge < -0.3 is 10.1 Å². The molecule has 0 unspecified atom stereocenters. The summed E-state index contributed by atoms with van der Waals surface area (Å²) in [6.45, 7) is 2.45. The van der Waals surface area contributed by atoms with Gasteiger partial charge in [0.15, 0.2) is 11.6 Å². The van der Waals surface area contributed by atoms with Crippen molar-refractivity contribution in [3.05, 3.63) is 49.2 Å². The smallest absolute Gasteiger partial charge is 0.161 e. The van der Waals surface area contributed by atoms with Crippen LogP contribution < -0.4 is 10.1 Å². The van der Waals surface area contributed by atoms with Gasteiger partial charge in [-0.15, -0.1) is 0 Å². The second-order valence-corrected chi connectivity index (χ2v) is 8.90. The molecular weight excluding hydrogens is 474 g/mol. The van der Waals surface area contributed by atoms with Crippen molar-refractivity contribution >= 4 is 43.4 Å². The number of Topliss-reactive ketones (excluding diaryl/α,β-unsaturated/α-hetero) is 2. The Morgan fingerprint density at radius 2 is 1.59 bits per heavy atom. The van der Waals surface area contributed by atoms with Crippen molar-refractivity contribution in [3.63, 3.8) is 0 Å². The first-order chi connectivity index (χ1) is 13.0. The minimum Gasteiger partial charge on any atom is -0.492 e. The molecule has 0 spiro atoms. The molecule has 0 radical (unpaired) electrons. The summed E-state index contributed by atoms with van der Waals surface area (Å²) in [5, 5.41) is 3.45. The first-order valence-corrected chi connectivity index (χ1v) is 11.0. The van der Waals surface area contributed by atoms with E-state index in [9.17, 15) is 9.59 Å². The molecule has 1 aromatic carbocycles. The summed E-state index contributed by atoms with van der Waals surface area (Å²) >= 11 is 7.17. The lowest BCUT2D eigenvalue weighted by Gasteiger charge is -2.37. The predicted molar refractivity (Wildman–Crippen MR) is 111 cm³/mol. The lowest BCUT2D eigenvalue weighted by molar-refractivity contribution is -0.116. The van der Waals surface area contributed by atoms with Crippen molar-refractivity contribution in [2.75, 3.05) is 6.61 Å². The van der Waals surface area contributed by atoms with Gasteiger partial charge in [0.1, 0.15) is 5.75 Å². The number of halogens is 2. The fourth-order valence-corrected chi connectivity index (χ4v) is 5.76. The molecule has 142 valence electrons. The van der Waals surface area contributed by atoms with Crippen molar-refractivity contribution in [2.45, 2.75) is 51.4 Å². The van der Waals surface area contributed by atoms with E-state index < -0.39 is 0 Å². The quantitative estimate of drug-likeness (QED) is 0.618. The largest absolute Gasteiger partial charge is 0.492 e. The van der Waals surface area contributed by atoms with Crippen LogP contribution in [0, 0.1) is 0 Å². The number of dihydropyridines is 1. The van der Waals surface area contributed by atoms with Gasteiger partial charge in [-0.3, -0.25) is 9.59 Å². The summed E-state index contributed by atoms with van der Waals surface area (Å²) in [4.78, 5) is 25.9. The van der Waals surface area contributed by atoms with Crippen molar-refractivity contribution in [1.82, 2.24) is 5.32 Å². The number of allylic oxidation sites excluding steroid dienone is 4. The minimum absolute atomic E-state index is 0.136. The third-order valence-electron chi connectivity index (χ3n) is 5.43. The molecular formula is C21H21Br2NO3. The Morgan fingerprint density at radius 3 is 2.15 bits per heavy atom. The van der Waals surface area contributed by atoms with E-state index in [1.807, 2.05) is 19.1 Å². The molecule has 0 amide bonds. The number of hydrogen-bond donors (Lipinski definition) is 1. The van der Waals surface area contributed by atoms with Gasteiger partial charge in [0.05, 0.1) is 11.1 Å². The van der Waals surface area contributed by atoms with Crippen LogP contribution in [0.3, 0.4) is 0 Å². The average Bonchev–Trinajstić information content (AvgIpc) is 2.63. The van der Waals surface area contributed by atoms with Gasteiger partial charge in [0.2, 0.25) is 0 Å². The van der Waals surface area contributed by atoms with E-state index in [-0.39, 0.29) is 17.5 Å². The molecule has 1 aromatic rings. The first kappa shape index (κ1) is 18.9. The fraction of sp³-hybridized carbons (Fsp3) is 0.429. The molecule has 4 rings (SSSR count). The summed E-state index contributed by atoms with van der Waals surface area (Å²) in [5.41, 5.74) is 4.36. The highest BCUT2D eigenvalue weighted by molar-refractivity contribution is 9.11. The second kappa shape index (κ2) is 7.55. The summed E-state index contributed by atoms with van der Waals surface area (Å²) in [6, 6.07) is 3.93. The Morgan fingerprint density at radius 1 is 1.00 bits per heavy atom. The van der Waals surface area contributed by atoms with Crippen LogP contribution in [0.4, 0.5) is 0 Å². The number of ketones is 2. The van der Waals surface area contributed by atoms with E-state index in [4.69, 9.17) is 4.74 Å². The molecule has 1 N–H and O–H groups in total. The Balaban J connectivity index is 1.98. The third kappa shape index (κ3) is 3.31. The maximum Gasteiger partial charge on any atom is 0.161 e. The standard InChI is InChI=1S/C21H21Br2NO3/c1-2-27-21-12(9-11(22)10-13(21)23)18-19-14(5-3-7-16(19)25)24-15-6-4-8-17(26)20(15)18/h9-10,18,24H,2-8H2,1H3. The maximum absolute atomic E-state index is 12.9. The van der Waals surface area contributed by atoms with Crippen LogP contribution >= 0.6 is 31.9 Å². The van der Waals surface area contributed by atoms with Crippen molar-refractivity contribution in [2.24, 2.45) is 0 Å². The zero-order chi connectivity index (χ0) is 19.1. The van der Waals surface area contributed by atoms with Gasteiger partial charge in [-0.25, -0.2) is 0 Å². The molecule has 0 bridgehead atoms. The van der Waals surface area contributed by atoms with Crippen LogP contribution in [0.15, 0.2) is 43.6 Å². The Bertz CT molecular complexity index is 859. The second-order valence-electron chi connectivity index (χ2n) is 7.13. The van der Waals surface area contributed by atoms with Gasteiger partial charge >= 0.3 is 0 Å². The highest BCUT2D eigenvalue weighted by Crippen LogP contribution is 2.49. The van der Waals surface area contributed by atoms with Crippen LogP contribution in [0.2, 0.25) is 0 Å². The van der Waals surface area contributed by atoms with E-state index in [2.05, 4.69) is 37.2 Å². The van der Waals surface area contributed by atoms with E-state index in [1.54, 1.807) is 0 Å². The first-order valence-electron chi connectivity index (χ1n) is 9.42. The summed E-state index contributed by atoms with van der Waals surface area (Å²) in [6.07, 6.45) is 4.48. The molecule has 6 heteroatoms. The zero-order valence-corrected chi connectivity index (χ0v) is 18.3. The zero-order valence-electron chi connectivity index (χ0n) is 15.2. The van der Waals surface area contributed by atoms with Crippen molar-refractivity contribution in [3.8, 4) is 5.75 Å². The van der Waals surface area contributed by atoms with Crippen LogP contribution in [0.1, 0.15) is 56.9 Å². The number of ether oxygens (including phenoxy) is 1. The average molecular weight is 495 g/mol. The molecule has 0 aromatic heterocycles. The van der Waals surface area contributed by atoms with Crippen molar-refractivity contribution in [1.29, 1.82) is 0 Å². The van der Waals surface area contributed by atoms with Gasteiger partial charge in [-0.05, 0) is 60.7 Å². The summed E-state index contributed by atoms with van der Waals surface area (Å²) in [7, 11) is 0. The van der Waals surface area contributed by atoms with E-state index in [0.29, 0.717) is 25.2 Å². The minimum atomic E-state index is -0.354. The highest BCUT2D eigenvalue weighted by atomic mass is 79.9. The number of rotatable bonds is 3. The molecule has 2 aliphatic carbocycles. The molecule has 0 atom stereocenters. The highest BCUT2D eigenvalue weighted by Gasteiger charge is 2.41. The van der Waals surface area contributed by atoms with E-state index in [0.717, 1.165) is 62.7 Å². The normalized spacial score (nSPS) is 20.4. The SMILES string of the molecule is CCOc1c(Br)cc(Br)cc1C1C2=C(CCCC2=O)NC2=C1C(=O)CCC2. The predicted octanol–water partition coefficient (Wildman–Crippen LogP) is 5.31. The third-order valence-corrected chi connectivity index (χ3v) is 6.48. The van der Waals surface area contributed by atoms with Crippen LogP contribution in [-0.4, -0.2) is 18.2 Å².